The first-order valence-electron chi connectivity index (χ1n) is 8.59. The third kappa shape index (κ3) is 3.24. The lowest BCUT2D eigenvalue weighted by molar-refractivity contribution is -0.123. The minimum absolute atomic E-state index is 0.0128. The number of rotatable bonds is 4. The van der Waals surface area contributed by atoms with Gasteiger partial charge >= 0.3 is 0 Å². The standard InChI is InChI=1S/C18H25N3O3/c1-24-16-7-3-2-5-14(16)18(23)20-11-8-13(9-12-20)21-10-4-6-15(21)17(19)22/h2-3,5,7,13,15H,4,6,8-12H2,1H3,(H2,19,22)/t15-/m1/s1. The molecule has 130 valence electrons. The van der Waals surface area contributed by atoms with E-state index in [-0.39, 0.29) is 17.9 Å². The topological polar surface area (TPSA) is 75.9 Å². The number of amides is 2. The Kier molecular flexibility index (Phi) is 5.04. The van der Waals surface area contributed by atoms with E-state index >= 15 is 0 Å². The van der Waals surface area contributed by atoms with Crippen molar-refractivity contribution < 1.29 is 14.3 Å². The van der Waals surface area contributed by atoms with Gasteiger partial charge in [0.05, 0.1) is 18.7 Å². The molecule has 2 saturated heterocycles. The van der Waals surface area contributed by atoms with E-state index in [2.05, 4.69) is 4.90 Å². The number of benzene rings is 1. The van der Waals surface area contributed by atoms with Gasteiger partial charge in [0.1, 0.15) is 5.75 Å². The van der Waals surface area contributed by atoms with Crippen molar-refractivity contribution in [2.24, 2.45) is 5.73 Å². The maximum absolute atomic E-state index is 12.7. The maximum atomic E-state index is 12.7. The average molecular weight is 331 g/mol. The predicted octanol–water partition coefficient (Wildman–Crippen LogP) is 1.25. The highest BCUT2D eigenvalue weighted by molar-refractivity contribution is 5.97. The van der Waals surface area contributed by atoms with Crippen LogP contribution in [-0.2, 0) is 4.79 Å². The molecule has 0 unspecified atom stereocenters. The highest BCUT2D eigenvalue weighted by Gasteiger charge is 2.36. The van der Waals surface area contributed by atoms with Crippen molar-refractivity contribution in [1.82, 2.24) is 9.80 Å². The van der Waals surface area contributed by atoms with Crippen molar-refractivity contribution in [3.05, 3.63) is 29.8 Å². The van der Waals surface area contributed by atoms with Crippen LogP contribution in [0.4, 0.5) is 0 Å². The molecular weight excluding hydrogens is 306 g/mol. The summed E-state index contributed by atoms with van der Waals surface area (Å²) in [6.45, 7) is 2.33. The van der Waals surface area contributed by atoms with Crippen molar-refractivity contribution in [3.63, 3.8) is 0 Å². The lowest BCUT2D eigenvalue weighted by atomic mass is 10.0. The van der Waals surface area contributed by atoms with Crippen molar-refractivity contribution in [1.29, 1.82) is 0 Å². The number of ether oxygens (including phenoxy) is 1. The van der Waals surface area contributed by atoms with Gasteiger partial charge in [-0.3, -0.25) is 14.5 Å². The van der Waals surface area contributed by atoms with Crippen LogP contribution in [0.2, 0.25) is 0 Å². The van der Waals surface area contributed by atoms with Crippen LogP contribution in [0.3, 0.4) is 0 Å². The molecule has 3 rings (SSSR count). The number of methoxy groups -OCH3 is 1. The highest BCUT2D eigenvalue weighted by atomic mass is 16.5. The zero-order valence-corrected chi connectivity index (χ0v) is 14.1. The van der Waals surface area contributed by atoms with Gasteiger partial charge in [0, 0.05) is 19.1 Å². The monoisotopic (exact) mass is 331 g/mol. The van der Waals surface area contributed by atoms with E-state index in [4.69, 9.17) is 10.5 Å². The molecule has 2 amide bonds. The Balaban J connectivity index is 1.63. The first kappa shape index (κ1) is 16.8. The van der Waals surface area contributed by atoms with Crippen molar-refractivity contribution in [2.45, 2.75) is 37.8 Å². The molecule has 0 bridgehead atoms. The van der Waals surface area contributed by atoms with Crippen LogP contribution in [0.15, 0.2) is 24.3 Å². The molecule has 1 atom stereocenters. The van der Waals surface area contributed by atoms with Crippen LogP contribution in [0, 0.1) is 0 Å². The molecule has 1 aromatic carbocycles. The molecule has 2 aliphatic rings. The normalized spacial score (nSPS) is 22.5. The van der Waals surface area contributed by atoms with Gasteiger partial charge in [-0.25, -0.2) is 0 Å². The smallest absolute Gasteiger partial charge is 0.257 e. The number of hydrogen-bond acceptors (Lipinski definition) is 4. The summed E-state index contributed by atoms with van der Waals surface area (Å²) in [5.74, 6) is 0.400. The second-order valence-electron chi connectivity index (χ2n) is 6.52. The van der Waals surface area contributed by atoms with Crippen LogP contribution in [0.5, 0.6) is 5.75 Å². The lowest BCUT2D eigenvalue weighted by Crippen LogP contribution is -2.51. The van der Waals surface area contributed by atoms with E-state index in [0.29, 0.717) is 30.4 Å². The number of para-hydroxylation sites is 1. The summed E-state index contributed by atoms with van der Waals surface area (Å²) in [5.41, 5.74) is 6.13. The van der Waals surface area contributed by atoms with Gasteiger partial charge < -0.3 is 15.4 Å². The highest BCUT2D eigenvalue weighted by Crippen LogP contribution is 2.27. The number of likely N-dealkylation sites (tertiary alicyclic amines) is 2. The predicted molar refractivity (Wildman–Crippen MR) is 90.8 cm³/mol. The largest absolute Gasteiger partial charge is 0.496 e. The van der Waals surface area contributed by atoms with Crippen LogP contribution >= 0.6 is 0 Å². The van der Waals surface area contributed by atoms with Gasteiger partial charge in [0.15, 0.2) is 0 Å². The third-order valence-electron chi connectivity index (χ3n) is 5.18. The van der Waals surface area contributed by atoms with Gasteiger partial charge in [0.2, 0.25) is 5.91 Å². The summed E-state index contributed by atoms with van der Waals surface area (Å²) >= 11 is 0. The molecule has 2 aliphatic heterocycles. The van der Waals surface area contributed by atoms with E-state index < -0.39 is 0 Å². The maximum Gasteiger partial charge on any atom is 0.257 e. The Bertz CT molecular complexity index is 611. The Morgan fingerprint density at radius 1 is 1.12 bits per heavy atom. The molecule has 0 spiro atoms. The van der Waals surface area contributed by atoms with Gasteiger partial charge in [-0.1, -0.05) is 12.1 Å². The van der Waals surface area contributed by atoms with Crippen molar-refractivity contribution >= 4 is 11.8 Å². The summed E-state index contributed by atoms with van der Waals surface area (Å²) in [7, 11) is 1.58. The quantitative estimate of drug-likeness (QED) is 0.901. The minimum atomic E-state index is -0.222. The number of nitrogens with two attached hydrogens (primary N) is 1. The molecule has 6 nitrogen and oxygen atoms in total. The van der Waals surface area contributed by atoms with Gasteiger partial charge in [-0.15, -0.1) is 0 Å². The Morgan fingerprint density at radius 3 is 2.50 bits per heavy atom. The SMILES string of the molecule is COc1ccccc1C(=O)N1CCC(N2CCC[C@@H]2C(N)=O)CC1. The molecule has 0 aromatic heterocycles. The number of piperidine rings is 1. The fourth-order valence-electron chi connectivity index (χ4n) is 3.92. The Hall–Kier alpha value is -2.08. The Morgan fingerprint density at radius 2 is 1.83 bits per heavy atom. The van der Waals surface area contributed by atoms with Crippen LogP contribution in [0.1, 0.15) is 36.0 Å². The van der Waals surface area contributed by atoms with E-state index in [1.54, 1.807) is 13.2 Å². The molecule has 24 heavy (non-hydrogen) atoms. The first-order chi connectivity index (χ1) is 11.6. The summed E-state index contributed by atoms with van der Waals surface area (Å²) in [5, 5.41) is 0. The second kappa shape index (κ2) is 7.21. The van der Waals surface area contributed by atoms with Gasteiger partial charge in [0.25, 0.3) is 5.91 Å². The summed E-state index contributed by atoms with van der Waals surface area (Å²) < 4.78 is 5.29. The first-order valence-corrected chi connectivity index (χ1v) is 8.59. The molecule has 0 saturated carbocycles. The number of carbonyl (C=O) groups excluding carboxylic acids is 2. The zero-order valence-electron chi connectivity index (χ0n) is 14.1. The summed E-state index contributed by atoms with van der Waals surface area (Å²) in [4.78, 5) is 28.4. The number of nitrogens with zero attached hydrogens (tertiary/aromatic N) is 2. The van der Waals surface area contributed by atoms with Crippen LogP contribution < -0.4 is 10.5 Å². The number of hydrogen-bond donors (Lipinski definition) is 1. The van der Waals surface area contributed by atoms with Crippen LogP contribution in [-0.4, -0.2) is 60.4 Å². The zero-order chi connectivity index (χ0) is 17.1. The molecule has 2 fully saturated rings. The summed E-state index contributed by atoms with van der Waals surface area (Å²) in [6.07, 6.45) is 3.64. The molecule has 2 heterocycles. The molecule has 2 N–H and O–H groups in total. The minimum Gasteiger partial charge on any atom is -0.496 e. The Labute approximate surface area is 142 Å². The van der Waals surface area contributed by atoms with E-state index in [9.17, 15) is 9.59 Å². The van der Waals surface area contributed by atoms with E-state index in [0.717, 1.165) is 32.2 Å². The molecule has 0 aliphatic carbocycles. The average Bonchev–Trinajstić information content (AvgIpc) is 3.11. The van der Waals surface area contributed by atoms with Crippen molar-refractivity contribution in [2.75, 3.05) is 26.7 Å². The van der Waals surface area contributed by atoms with E-state index in [1.165, 1.54) is 0 Å². The molecule has 6 heteroatoms. The van der Waals surface area contributed by atoms with Gasteiger partial charge in [-0.05, 0) is 44.4 Å². The summed E-state index contributed by atoms with van der Waals surface area (Å²) in [6, 6.07) is 7.53. The number of carbonyl (C=O) groups is 2. The second-order valence-corrected chi connectivity index (χ2v) is 6.52. The number of primary amides is 1. The van der Waals surface area contributed by atoms with Crippen LogP contribution in [0.25, 0.3) is 0 Å². The van der Waals surface area contributed by atoms with Gasteiger partial charge in [-0.2, -0.15) is 0 Å². The molecular formula is C18H25N3O3. The lowest BCUT2D eigenvalue weighted by Gasteiger charge is -2.38. The van der Waals surface area contributed by atoms with E-state index in [1.807, 2.05) is 23.1 Å². The fourth-order valence-corrected chi connectivity index (χ4v) is 3.92. The van der Waals surface area contributed by atoms with Crippen molar-refractivity contribution in [3.8, 4) is 5.75 Å². The molecule has 0 radical (unpaired) electrons. The fraction of sp³-hybridized carbons (Fsp3) is 0.556. The molecule has 1 aromatic rings. The third-order valence-corrected chi connectivity index (χ3v) is 5.18.